The van der Waals surface area contributed by atoms with E-state index in [2.05, 4.69) is 13.8 Å². The minimum Gasteiger partial charge on any atom is -0.330 e. The molecule has 1 aliphatic rings. The Hall–Kier alpha value is -0.770. The summed E-state index contributed by atoms with van der Waals surface area (Å²) in [5, 5.41) is 0. The number of hydrogen-bond acceptors (Lipinski definition) is 2. The van der Waals surface area contributed by atoms with E-state index >= 15 is 0 Å². The highest BCUT2D eigenvalue weighted by molar-refractivity contribution is 5.74. The first-order valence-electron chi connectivity index (χ1n) is 6.93. The molecule has 100 valence electrons. The second-order valence-corrected chi connectivity index (χ2v) is 5.08. The summed E-state index contributed by atoms with van der Waals surface area (Å²) in [6.07, 6.45) is 4.20. The number of nitrogens with zero attached hydrogens (tertiary/aromatic N) is 2. The van der Waals surface area contributed by atoms with Crippen molar-refractivity contribution < 1.29 is 4.79 Å². The van der Waals surface area contributed by atoms with Gasteiger partial charge in [0.05, 0.1) is 0 Å². The van der Waals surface area contributed by atoms with Crippen LogP contribution in [0.1, 0.15) is 39.5 Å². The molecule has 1 aliphatic heterocycles. The number of nitrogens with two attached hydrogens (primary N) is 1. The van der Waals surface area contributed by atoms with Crippen molar-refractivity contribution in [3.8, 4) is 0 Å². The summed E-state index contributed by atoms with van der Waals surface area (Å²) in [4.78, 5) is 16.3. The van der Waals surface area contributed by atoms with Crippen LogP contribution in [-0.4, -0.2) is 48.6 Å². The van der Waals surface area contributed by atoms with Gasteiger partial charge >= 0.3 is 6.03 Å². The van der Waals surface area contributed by atoms with Gasteiger partial charge < -0.3 is 15.5 Å². The largest absolute Gasteiger partial charge is 0.330 e. The maximum Gasteiger partial charge on any atom is 0.319 e. The van der Waals surface area contributed by atoms with E-state index in [4.69, 9.17) is 5.73 Å². The average Bonchev–Trinajstić information content (AvgIpc) is 2.34. The Labute approximate surface area is 105 Å². The van der Waals surface area contributed by atoms with Gasteiger partial charge in [-0.15, -0.1) is 0 Å². The normalized spacial score (nSPS) is 17.2. The standard InChI is InChI=1S/C13H27N3O/c1-3-8-15(9-4-7-14)13(17)16-10-5-12(2)6-11-16/h12H,3-11,14H2,1-2H3. The highest BCUT2D eigenvalue weighted by atomic mass is 16.2. The molecule has 0 aromatic rings. The van der Waals surface area contributed by atoms with Crippen LogP contribution >= 0.6 is 0 Å². The molecule has 4 heteroatoms. The zero-order valence-electron chi connectivity index (χ0n) is 11.3. The third-order valence-electron chi connectivity index (χ3n) is 3.45. The van der Waals surface area contributed by atoms with Crippen LogP contribution in [0.3, 0.4) is 0 Å². The monoisotopic (exact) mass is 241 g/mol. The summed E-state index contributed by atoms with van der Waals surface area (Å²) < 4.78 is 0. The molecule has 0 radical (unpaired) electrons. The number of carbonyl (C=O) groups is 1. The number of likely N-dealkylation sites (tertiary alicyclic amines) is 1. The first-order chi connectivity index (χ1) is 8.19. The molecule has 1 saturated heterocycles. The maximum atomic E-state index is 12.3. The molecule has 0 aromatic carbocycles. The van der Waals surface area contributed by atoms with Crippen LogP contribution in [0.4, 0.5) is 4.79 Å². The molecule has 0 unspecified atom stereocenters. The number of hydrogen-bond donors (Lipinski definition) is 1. The van der Waals surface area contributed by atoms with Gasteiger partial charge in [-0.05, 0) is 38.1 Å². The molecule has 0 aliphatic carbocycles. The van der Waals surface area contributed by atoms with Crippen molar-refractivity contribution in [1.29, 1.82) is 0 Å². The van der Waals surface area contributed by atoms with Gasteiger partial charge in [-0.25, -0.2) is 4.79 Å². The molecule has 1 fully saturated rings. The van der Waals surface area contributed by atoms with Crippen molar-refractivity contribution in [2.75, 3.05) is 32.7 Å². The van der Waals surface area contributed by atoms with Crippen molar-refractivity contribution in [2.24, 2.45) is 11.7 Å². The van der Waals surface area contributed by atoms with Crippen molar-refractivity contribution in [3.05, 3.63) is 0 Å². The van der Waals surface area contributed by atoms with Crippen LogP contribution in [0.2, 0.25) is 0 Å². The number of amides is 2. The maximum absolute atomic E-state index is 12.3. The van der Waals surface area contributed by atoms with Gasteiger partial charge in [0.2, 0.25) is 0 Å². The zero-order valence-corrected chi connectivity index (χ0v) is 11.3. The molecule has 0 aromatic heterocycles. The summed E-state index contributed by atoms with van der Waals surface area (Å²) in [6.45, 7) is 8.53. The fraction of sp³-hybridized carbons (Fsp3) is 0.923. The SMILES string of the molecule is CCCN(CCCN)C(=O)N1CCC(C)CC1. The fourth-order valence-electron chi connectivity index (χ4n) is 2.26. The molecule has 2 amide bonds. The Morgan fingerprint density at radius 2 is 2.00 bits per heavy atom. The molecule has 2 N–H and O–H groups in total. The molecule has 0 atom stereocenters. The van der Waals surface area contributed by atoms with Crippen LogP contribution in [-0.2, 0) is 0 Å². The van der Waals surface area contributed by atoms with Crippen molar-refractivity contribution in [1.82, 2.24) is 9.80 Å². The Morgan fingerprint density at radius 3 is 2.53 bits per heavy atom. The Morgan fingerprint density at radius 1 is 1.35 bits per heavy atom. The lowest BCUT2D eigenvalue weighted by atomic mass is 9.99. The first-order valence-corrected chi connectivity index (χ1v) is 6.93. The summed E-state index contributed by atoms with van der Waals surface area (Å²) in [5.41, 5.74) is 5.52. The molecular weight excluding hydrogens is 214 g/mol. The highest BCUT2D eigenvalue weighted by Crippen LogP contribution is 2.17. The van der Waals surface area contributed by atoms with Crippen LogP contribution in [0.25, 0.3) is 0 Å². The second kappa shape index (κ2) is 7.54. The Kier molecular flexibility index (Phi) is 6.34. The average molecular weight is 241 g/mol. The number of urea groups is 1. The third kappa shape index (κ3) is 4.54. The molecule has 0 saturated carbocycles. The van der Waals surface area contributed by atoms with Gasteiger partial charge in [0.1, 0.15) is 0 Å². The lowest BCUT2D eigenvalue weighted by molar-refractivity contribution is 0.134. The molecule has 0 spiro atoms. The van der Waals surface area contributed by atoms with Gasteiger partial charge in [-0.1, -0.05) is 13.8 Å². The fourth-order valence-corrected chi connectivity index (χ4v) is 2.26. The predicted octanol–water partition coefficient (Wildman–Crippen LogP) is 1.90. The minimum absolute atomic E-state index is 0.215. The van der Waals surface area contributed by atoms with Crippen LogP contribution in [0.5, 0.6) is 0 Å². The Balaban J connectivity index is 2.45. The number of piperidine rings is 1. The van der Waals surface area contributed by atoms with E-state index in [-0.39, 0.29) is 6.03 Å². The van der Waals surface area contributed by atoms with E-state index in [0.29, 0.717) is 6.54 Å². The lowest BCUT2D eigenvalue weighted by Crippen LogP contribution is -2.47. The molecule has 1 heterocycles. The van der Waals surface area contributed by atoms with Gasteiger partial charge in [-0.3, -0.25) is 0 Å². The lowest BCUT2D eigenvalue weighted by Gasteiger charge is -2.35. The molecule has 4 nitrogen and oxygen atoms in total. The van der Waals surface area contributed by atoms with Gasteiger partial charge in [0.25, 0.3) is 0 Å². The van der Waals surface area contributed by atoms with Gasteiger partial charge in [0.15, 0.2) is 0 Å². The smallest absolute Gasteiger partial charge is 0.319 e. The summed E-state index contributed by atoms with van der Waals surface area (Å²) in [6, 6.07) is 0.215. The highest BCUT2D eigenvalue weighted by Gasteiger charge is 2.23. The van der Waals surface area contributed by atoms with E-state index in [9.17, 15) is 4.79 Å². The minimum atomic E-state index is 0.215. The summed E-state index contributed by atoms with van der Waals surface area (Å²) in [7, 11) is 0. The van der Waals surface area contributed by atoms with Gasteiger partial charge in [0, 0.05) is 26.2 Å². The molecule has 0 bridgehead atoms. The van der Waals surface area contributed by atoms with Crippen molar-refractivity contribution in [3.63, 3.8) is 0 Å². The Bertz CT molecular complexity index is 225. The van der Waals surface area contributed by atoms with Crippen molar-refractivity contribution >= 4 is 6.03 Å². The predicted molar refractivity (Wildman–Crippen MR) is 70.9 cm³/mol. The summed E-state index contributed by atoms with van der Waals surface area (Å²) in [5.74, 6) is 0.766. The van der Waals surface area contributed by atoms with E-state index in [1.807, 2.05) is 9.80 Å². The van der Waals surface area contributed by atoms with Crippen molar-refractivity contribution in [2.45, 2.75) is 39.5 Å². The van der Waals surface area contributed by atoms with Crippen LogP contribution in [0.15, 0.2) is 0 Å². The van der Waals surface area contributed by atoms with Gasteiger partial charge in [-0.2, -0.15) is 0 Å². The molecule has 1 rings (SSSR count). The van der Waals surface area contributed by atoms with Crippen LogP contribution < -0.4 is 5.73 Å². The second-order valence-electron chi connectivity index (χ2n) is 5.08. The van der Waals surface area contributed by atoms with Crippen LogP contribution in [0, 0.1) is 5.92 Å². The quantitative estimate of drug-likeness (QED) is 0.799. The zero-order chi connectivity index (χ0) is 12.7. The molecule has 17 heavy (non-hydrogen) atoms. The van der Waals surface area contributed by atoms with E-state index in [1.165, 1.54) is 0 Å². The first kappa shape index (κ1) is 14.3. The third-order valence-corrected chi connectivity index (χ3v) is 3.45. The summed E-state index contributed by atoms with van der Waals surface area (Å²) >= 11 is 0. The topological polar surface area (TPSA) is 49.6 Å². The van der Waals surface area contributed by atoms with E-state index in [0.717, 1.165) is 57.8 Å². The molecular formula is C13H27N3O. The number of carbonyl (C=O) groups excluding carboxylic acids is 1. The van der Waals surface area contributed by atoms with E-state index in [1.54, 1.807) is 0 Å². The van der Waals surface area contributed by atoms with E-state index < -0.39 is 0 Å². The number of rotatable bonds is 5.